The predicted molar refractivity (Wildman–Crippen MR) is 145 cm³/mol. The highest BCUT2D eigenvalue weighted by molar-refractivity contribution is 6.46. The molecule has 2 aromatic rings. The highest BCUT2D eigenvalue weighted by Gasteiger charge is 2.46. The van der Waals surface area contributed by atoms with E-state index in [0.717, 1.165) is 18.7 Å². The molecular weight excluding hydrogens is 486 g/mol. The first-order valence-electron chi connectivity index (χ1n) is 12.6. The van der Waals surface area contributed by atoms with Gasteiger partial charge < -0.3 is 30.1 Å². The Morgan fingerprint density at radius 2 is 1.82 bits per heavy atom. The predicted octanol–water partition coefficient (Wildman–Crippen LogP) is 3.19. The van der Waals surface area contributed by atoms with Crippen molar-refractivity contribution in [1.29, 1.82) is 0 Å². The lowest BCUT2D eigenvalue weighted by Crippen LogP contribution is -2.38. The number of rotatable bonds is 13. The number of ketones is 1. The second-order valence-corrected chi connectivity index (χ2v) is 8.92. The smallest absolute Gasteiger partial charge is 0.295 e. The van der Waals surface area contributed by atoms with Crippen LogP contribution in [-0.2, 0) is 14.4 Å². The summed E-state index contributed by atoms with van der Waals surface area (Å²) in [5, 5.41) is 11.4. The first-order valence-corrected chi connectivity index (χ1v) is 12.6. The average molecular weight is 522 g/mol. The second-order valence-electron chi connectivity index (χ2n) is 8.92. The number of likely N-dealkylation sites (tertiary alicyclic amines) is 1. The number of nitrogens with two attached hydrogens (primary N) is 1. The van der Waals surface area contributed by atoms with Crippen LogP contribution in [0.5, 0.6) is 11.5 Å². The van der Waals surface area contributed by atoms with Crippen LogP contribution >= 0.6 is 0 Å². The Balaban J connectivity index is 2.05. The van der Waals surface area contributed by atoms with E-state index in [4.69, 9.17) is 15.2 Å². The van der Waals surface area contributed by atoms with Crippen molar-refractivity contribution in [2.24, 2.45) is 5.73 Å². The number of aliphatic hydroxyl groups is 1. The summed E-state index contributed by atoms with van der Waals surface area (Å²) in [5.41, 5.74) is 6.96. The molecule has 38 heavy (non-hydrogen) atoms. The van der Waals surface area contributed by atoms with Crippen molar-refractivity contribution in [3.63, 3.8) is 0 Å². The fraction of sp³-hybridized carbons (Fsp3) is 0.345. The van der Waals surface area contributed by atoms with Crippen LogP contribution in [0.4, 0.5) is 0 Å². The van der Waals surface area contributed by atoms with E-state index < -0.39 is 23.6 Å². The van der Waals surface area contributed by atoms with Gasteiger partial charge in [-0.15, -0.1) is 0 Å². The maximum Gasteiger partial charge on any atom is 0.295 e. The lowest BCUT2D eigenvalue weighted by Gasteiger charge is -2.28. The van der Waals surface area contributed by atoms with Crippen LogP contribution in [0, 0.1) is 6.92 Å². The largest absolute Gasteiger partial charge is 0.507 e. The monoisotopic (exact) mass is 521 g/mol. The third kappa shape index (κ3) is 6.41. The second kappa shape index (κ2) is 12.9. The Kier molecular flexibility index (Phi) is 9.67. The van der Waals surface area contributed by atoms with Crippen LogP contribution in [0.25, 0.3) is 5.76 Å². The average Bonchev–Trinajstić information content (AvgIpc) is 3.16. The number of carbonyl (C=O) groups excluding carboxylic acids is 3. The normalized spacial score (nSPS) is 16.6. The number of aliphatic hydroxyl groups excluding tert-OH is 1. The van der Waals surface area contributed by atoms with Gasteiger partial charge in [0, 0.05) is 18.7 Å². The number of amides is 2. The standard InChI is InChI=1S/C29H35N3O6/c1-5-16-37-23-13-10-21(17-19(23)4)27(34)25-26(20-8-11-22(12-9-20)38-18-24(30)33)32(29(36)28(25)35)15-14-31(6-2)7-3/h5,8-13,17,26,34H,1,6-7,14-16,18H2,2-4H3,(H2,30,33)/b27-25+. The Morgan fingerprint density at radius 3 is 2.39 bits per heavy atom. The molecule has 1 saturated heterocycles. The number of Topliss-reactive ketones (excluding diaryl/α,β-unsaturated/α-hetero) is 1. The molecule has 202 valence electrons. The molecule has 0 radical (unpaired) electrons. The van der Waals surface area contributed by atoms with Crippen LogP contribution in [0.1, 0.15) is 36.6 Å². The van der Waals surface area contributed by atoms with Crippen molar-refractivity contribution >= 4 is 23.4 Å². The van der Waals surface area contributed by atoms with Gasteiger partial charge in [0.1, 0.15) is 23.9 Å². The zero-order chi connectivity index (χ0) is 27.8. The van der Waals surface area contributed by atoms with Crippen molar-refractivity contribution in [3.8, 4) is 11.5 Å². The molecular formula is C29H35N3O6. The molecule has 1 heterocycles. The van der Waals surface area contributed by atoms with E-state index in [-0.39, 0.29) is 17.9 Å². The summed E-state index contributed by atoms with van der Waals surface area (Å²) < 4.78 is 11.0. The van der Waals surface area contributed by atoms with E-state index in [1.54, 1.807) is 48.5 Å². The molecule has 1 atom stereocenters. The fourth-order valence-electron chi connectivity index (χ4n) is 4.41. The summed E-state index contributed by atoms with van der Waals surface area (Å²) in [6, 6.07) is 11.0. The first kappa shape index (κ1) is 28.5. The van der Waals surface area contributed by atoms with Gasteiger partial charge in [-0.2, -0.15) is 0 Å². The summed E-state index contributed by atoms with van der Waals surface area (Å²) in [6.45, 7) is 12.1. The number of hydrogen-bond acceptors (Lipinski definition) is 7. The van der Waals surface area contributed by atoms with Gasteiger partial charge in [0.25, 0.3) is 17.6 Å². The molecule has 3 N–H and O–H groups in total. The van der Waals surface area contributed by atoms with E-state index in [0.29, 0.717) is 42.3 Å². The van der Waals surface area contributed by atoms with Crippen LogP contribution in [0.3, 0.4) is 0 Å². The molecule has 1 aliphatic rings. The third-order valence-corrected chi connectivity index (χ3v) is 6.47. The third-order valence-electron chi connectivity index (χ3n) is 6.47. The molecule has 1 fully saturated rings. The van der Waals surface area contributed by atoms with E-state index in [1.165, 1.54) is 4.90 Å². The maximum atomic E-state index is 13.3. The molecule has 9 heteroatoms. The van der Waals surface area contributed by atoms with Crippen LogP contribution < -0.4 is 15.2 Å². The number of hydrogen-bond donors (Lipinski definition) is 2. The zero-order valence-electron chi connectivity index (χ0n) is 22.1. The zero-order valence-corrected chi connectivity index (χ0v) is 22.1. The van der Waals surface area contributed by atoms with E-state index in [2.05, 4.69) is 11.5 Å². The van der Waals surface area contributed by atoms with E-state index in [9.17, 15) is 19.5 Å². The number of primary amides is 1. The number of likely N-dealkylation sites (N-methyl/N-ethyl adjacent to an activating group) is 1. The van der Waals surface area contributed by atoms with Gasteiger partial charge in [-0.1, -0.05) is 38.6 Å². The molecule has 0 aromatic heterocycles. The van der Waals surface area contributed by atoms with Gasteiger partial charge in [-0.25, -0.2) is 0 Å². The number of nitrogens with zero attached hydrogens (tertiary/aromatic N) is 2. The van der Waals surface area contributed by atoms with Crippen molar-refractivity contribution in [2.45, 2.75) is 26.8 Å². The van der Waals surface area contributed by atoms with Crippen molar-refractivity contribution in [3.05, 3.63) is 77.4 Å². The summed E-state index contributed by atoms with van der Waals surface area (Å²) in [7, 11) is 0. The minimum absolute atomic E-state index is 0.0134. The van der Waals surface area contributed by atoms with Crippen molar-refractivity contribution in [1.82, 2.24) is 9.80 Å². The highest BCUT2D eigenvalue weighted by atomic mass is 16.5. The van der Waals surface area contributed by atoms with E-state index >= 15 is 0 Å². The minimum atomic E-state index is -0.798. The summed E-state index contributed by atoms with van der Waals surface area (Å²) in [4.78, 5) is 41.2. The number of benzene rings is 2. The Labute approximate surface area is 223 Å². The molecule has 1 unspecified atom stereocenters. The van der Waals surface area contributed by atoms with Crippen LogP contribution in [0.2, 0.25) is 0 Å². The lowest BCUT2D eigenvalue weighted by molar-refractivity contribution is -0.140. The Morgan fingerprint density at radius 1 is 1.13 bits per heavy atom. The van der Waals surface area contributed by atoms with Crippen LogP contribution in [0.15, 0.2) is 60.7 Å². The number of carbonyl (C=O) groups is 3. The Hall–Kier alpha value is -4.11. The van der Waals surface area contributed by atoms with Gasteiger partial charge in [0.05, 0.1) is 11.6 Å². The summed E-state index contributed by atoms with van der Waals surface area (Å²) >= 11 is 0. The molecule has 0 bridgehead atoms. The van der Waals surface area contributed by atoms with Gasteiger partial charge in [-0.05, 0) is 61.5 Å². The summed E-state index contributed by atoms with van der Waals surface area (Å²) in [5.74, 6) is -1.23. The quantitative estimate of drug-likeness (QED) is 0.180. The topological polar surface area (TPSA) is 122 Å². The maximum absolute atomic E-state index is 13.3. The van der Waals surface area contributed by atoms with Crippen molar-refractivity contribution < 1.29 is 29.0 Å². The number of aryl methyl sites for hydroxylation is 1. The molecule has 0 saturated carbocycles. The molecule has 0 spiro atoms. The van der Waals surface area contributed by atoms with Crippen LogP contribution in [-0.4, -0.2) is 71.9 Å². The van der Waals surface area contributed by atoms with Crippen molar-refractivity contribution in [2.75, 3.05) is 39.4 Å². The summed E-state index contributed by atoms with van der Waals surface area (Å²) in [6.07, 6.45) is 1.64. The fourth-order valence-corrected chi connectivity index (χ4v) is 4.41. The number of ether oxygens (including phenoxy) is 2. The SMILES string of the molecule is C=CCOc1ccc(/C(O)=C2\C(=O)C(=O)N(CCN(CC)CC)C2c2ccc(OCC(N)=O)cc2)cc1C. The lowest BCUT2D eigenvalue weighted by atomic mass is 9.94. The molecule has 3 rings (SSSR count). The van der Waals surface area contributed by atoms with Gasteiger partial charge in [0.15, 0.2) is 6.61 Å². The molecule has 2 aromatic carbocycles. The molecule has 9 nitrogen and oxygen atoms in total. The van der Waals surface area contributed by atoms with E-state index in [1.807, 2.05) is 20.8 Å². The van der Waals surface area contributed by atoms with Gasteiger partial charge >= 0.3 is 0 Å². The van der Waals surface area contributed by atoms with Gasteiger partial charge in [0.2, 0.25) is 0 Å². The Bertz CT molecular complexity index is 1220. The highest BCUT2D eigenvalue weighted by Crippen LogP contribution is 2.40. The minimum Gasteiger partial charge on any atom is -0.507 e. The molecule has 1 aliphatic heterocycles. The van der Waals surface area contributed by atoms with Gasteiger partial charge in [-0.3, -0.25) is 14.4 Å². The molecule has 2 amide bonds. The molecule has 0 aliphatic carbocycles. The first-order chi connectivity index (χ1) is 18.2.